The second kappa shape index (κ2) is 7.68. The van der Waals surface area contributed by atoms with E-state index in [0.717, 1.165) is 68.9 Å². The van der Waals surface area contributed by atoms with Gasteiger partial charge in [0.1, 0.15) is 0 Å². The molecule has 1 aromatic carbocycles. The number of para-hydroxylation sites is 1. The van der Waals surface area contributed by atoms with Crippen molar-refractivity contribution >= 4 is 10.9 Å². The Morgan fingerprint density at radius 2 is 1.96 bits per heavy atom. The van der Waals surface area contributed by atoms with E-state index in [2.05, 4.69) is 26.9 Å². The van der Waals surface area contributed by atoms with Crippen LogP contribution < -0.4 is 5.56 Å². The molecule has 5 heteroatoms. The zero-order valence-electron chi connectivity index (χ0n) is 14.7. The predicted octanol–water partition coefficient (Wildman–Crippen LogP) is 2.07. The van der Waals surface area contributed by atoms with Crippen LogP contribution in [0.4, 0.5) is 0 Å². The van der Waals surface area contributed by atoms with Crippen molar-refractivity contribution in [1.82, 2.24) is 14.8 Å². The van der Waals surface area contributed by atoms with Gasteiger partial charge < -0.3 is 9.72 Å². The number of morpholine rings is 1. The van der Waals surface area contributed by atoms with E-state index >= 15 is 0 Å². The predicted molar refractivity (Wildman–Crippen MR) is 99.8 cm³/mol. The molecule has 134 valence electrons. The van der Waals surface area contributed by atoms with Gasteiger partial charge in [0.2, 0.25) is 0 Å². The number of aromatic nitrogens is 1. The highest BCUT2D eigenvalue weighted by Crippen LogP contribution is 2.20. The SMILES string of the molecule is O=c1[nH]c2ccccc2cc1CN1CCCC(CN2CCOCC2)C1. The van der Waals surface area contributed by atoms with Gasteiger partial charge in [-0.25, -0.2) is 0 Å². The molecular formula is C20H27N3O2. The van der Waals surface area contributed by atoms with E-state index in [0.29, 0.717) is 5.92 Å². The fraction of sp³-hybridized carbons (Fsp3) is 0.550. The molecule has 5 nitrogen and oxygen atoms in total. The standard InChI is InChI=1S/C20H27N3O2/c24-20-18(12-17-5-1-2-6-19(17)21-20)15-23-7-3-4-16(14-23)13-22-8-10-25-11-9-22/h1-2,5-6,12,16H,3-4,7-11,13-15H2,(H,21,24). The van der Waals surface area contributed by atoms with Gasteiger partial charge in [-0.3, -0.25) is 14.6 Å². The number of nitrogens with zero attached hydrogens (tertiary/aromatic N) is 2. The van der Waals surface area contributed by atoms with Crippen molar-refractivity contribution in [2.75, 3.05) is 45.9 Å². The number of rotatable bonds is 4. The molecule has 2 aliphatic rings. The summed E-state index contributed by atoms with van der Waals surface area (Å²) in [7, 11) is 0. The van der Waals surface area contributed by atoms with Crippen LogP contribution in [0.25, 0.3) is 10.9 Å². The van der Waals surface area contributed by atoms with E-state index in [1.54, 1.807) is 0 Å². The minimum absolute atomic E-state index is 0.0500. The van der Waals surface area contributed by atoms with Crippen molar-refractivity contribution in [3.63, 3.8) is 0 Å². The third-order valence-electron chi connectivity index (χ3n) is 5.45. The van der Waals surface area contributed by atoms with E-state index < -0.39 is 0 Å². The lowest BCUT2D eigenvalue weighted by Crippen LogP contribution is -2.44. The second-order valence-electron chi connectivity index (χ2n) is 7.37. The van der Waals surface area contributed by atoms with Crippen LogP contribution in [0.3, 0.4) is 0 Å². The smallest absolute Gasteiger partial charge is 0.252 e. The summed E-state index contributed by atoms with van der Waals surface area (Å²) in [6.45, 7) is 7.93. The summed E-state index contributed by atoms with van der Waals surface area (Å²) < 4.78 is 5.45. The van der Waals surface area contributed by atoms with Crippen LogP contribution in [0.2, 0.25) is 0 Å². The maximum Gasteiger partial charge on any atom is 0.252 e. The van der Waals surface area contributed by atoms with Crippen LogP contribution in [0.15, 0.2) is 35.1 Å². The molecule has 0 amide bonds. The summed E-state index contributed by atoms with van der Waals surface area (Å²) in [5, 5.41) is 1.11. The Hall–Kier alpha value is -1.69. The van der Waals surface area contributed by atoms with Gasteiger partial charge in [-0.15, -0.1) is 0 Å². The van der Waals surface area contributed by atoms with Gasteiger partial charge in [-0.05, 0) is 42.8 Å². The van der Waals surface area contributed by atoms with Crippen molar-refractivity contribution in [3.8, 4) is 0 Å². The fourth-order valence-electron chi connectivity index (χ4n) is 4.14. The number of pyridine rings is 1. The Kier molecular flexibility index (Phi) is 5.15. The van der Waals surface area contributed by atoms with E-state index in [1.807, 2.05) is 18.2 Å². The van der Waals surface area contributed by atoms with Gasteiger partial charge in [0.15, 0.2) is 0 Å². The molecule has 2 fully saturated rings. The zero-order valence-corrected chi connectivity index (χ0v) is 14.7. The molecule has 4 rings (SSSR count). The molecule has 0 aliphatic carbocycles. The summed E-state index contributed by atoms with van der Waals surface area (Å²) in [5.41, 5.74) is 1.85. The number of hydrogen-bond donors (Lipinski definition) is 1. The molecule has 25 heavy (non-hydrogen) atoms. The summed E-state index contributed by atoms with van der Waals surface area (Å²) in [6.07, 6.45) is 2.52. The van der Waals surface area contributed by atoms with Gasteiger partial charge in [-0.1, -0.05) is 18.2 Å². The molecule has 1 aromatic heterocycles. The molecule has 3 heterocycles. The first-order chi connectivity index (χ1) is 12.3. The number of H-pyrrole nitrogens is 1. The molecule has 2 saturated heterocycles. The number of nitrogens with one attached hydrogen (secondary N) is 1. The quantitative estimate of drug-likeness (QED) is 0.925. The van der Waals surface area contributed by atoms with Crippen LogP contribution >= 0.6 is 0 Å². The average Bonchev–Trinajstić information content (AvgIpc) is 2.63. The zero-order chi connectivity index (χ0) is 17.1. The molecule has 1 N–H and O–H groups in total. The van der Waals surface area contributed by atoms with Gasteiger partial charge in [0.05, 0.1) is 13.2 Å². The van der Waals surface area contributed by atoms with E-state index in [-0.39, 0.29) is 5.56 Å². The van der Waals surface area contributed by atoms with Gasteiger partial charge >= 0.3 is 0 Å². The Balaban J connectivity index is 1.41. The fourth-order valence-corrected chi connectivity index (χ4v) is 4.14. The number of ether oxygens (including phenoxy) is 1. The van der Waals surface area contributed by atoms with Gasteiger partial charge in [0, 0.05) is 43.8 Å². The molecule has 1 unspecified atom stereocenters. The first-order valence-electron chi connectivity index (χ1n) is 9.41. The van der Waals surface area contributed by atoms with Crippen LogP contribution in [-0.4, -0.2) is 60.7 Å². The third-order valence-corrected chi connectivity index (χ3v) is 5.45. The highest BCUT2D eigenvalue weighted by atomic mass is 16.5. The maximum absolute atomic E-state index is 12.4. The minimum Gasteiger partial charge on any atom is -0.379 e. The summed E-state index contributed by atoms with van der Waals surface area (Å²) in [4.78, 5) is 20.4. The maximum atomic E-state index is 12.4. The summed E-state index contributed by atoms with van der Waals surface area (Å²) >= 11 is 0. The topological polar surface area (TPSA) is 48.6 Å². The monoisotopic (exact) mass is 341 g/mol. The first-order valence-corrected chi connectivity index (χ1v) is 9.41. The number of likely N-dealkylation sites (tertiary alicyclic amines) is 1. The Morgan fingerprint density at radius 1 is 1.12 bits per heavy atom. The molecule has 2 aromatic rings. The number of benzene rings is 1. The van der Waals surface area contributed by atoms with Crippen molar-refractivity contribution in [2.24, 2.45) is 5.92 Å². The molecule has 0 saturated carbocycles. The largest absolute Gasteiger partial charge is 0.379 e. The van der Waals surface area contributed by atoms with Crippen LogP contribution in [0, 0.1) is 5.92 Å². The molecular weight excluding hydrogens is 314 g/mol. The molecule has 2 aliphatic heterocycles. The van der Waals surface area contributed by atoms with E-state index in [9.17, 15) is 4.79 Å². The van der Waals surface area contributed by atoms with Crippen LogP contribution in [-0.2, 0) is 11.3 Å². The summed E-state index contributed by atoms with van der Waals surface area (Å²) in [5.74, 6) is 0.700. The first kappa shape index (κ1) is 16.8. The highest BCUT2D eigenvalue weighted by molar-refractivity contribution is 5.78. The lowest BCUT2D eigenvalue weighted by atomic mass is 9.96. The Labute approximate surface area is 148 Å². The van der Waals surface area contributed by atoms with Crippen LogP contribution in [0.5, 0.6) is 0 Å². The lowest BCUT2D eigenvalue weighted by molar-refractivity contribution is 0.0224. The van der Waals surface area contributed by atoms with Crippen LogP contribution in [0.1, 0.15) is 18.4 Å². The van der Waals surface area contributed by atoms with Gasteiger partial charge in [-0.2, -0.15) is 0 Å². The van der Waals surface area contributed by atoms with Gasteiger partial charge in [0.25, 0.3) is 5.56 Å². The molecule has 1 atom stereocenters. The Morgan fingerprint density at radius 3 is 2.84 bits per heavy atom. The molecule has 0 spiro atoms. The van der Waals surface area contributed by atoms with Crippen molar-refractivity contribution < 1.29 is 4.74 Å². The number of hydrogen-bond acceptors (Lipinski definition) is 4. The second-order valence-corrected chi connectivity index (χ2v) is 7.37. The summed E-state index contributed by atoms with van der Waals surface area (Å²) in [6, 6.07) is 10.0. The Bertz CT molecular complexity index is 767. The van der Waals surface area contributed by atoms with Crippen molar-refractivity contribution in [3.05, 3.63) is 46.2 Å². The number of fused-ring (bicyclic) bond motifs is 1. The number of piperidine rings is 1. The van der Waals surface area contributed by atoms with Crippen molar-refractivity contribution in [2.45, 2.75) is 19.4 Å². The highest BCUT2D eigenvalue weighted by Gasteiger charge is 2.23. The lowest BCUT2D eigenvalue weighted by Gasteiger charge is -2.36. The number of aromatic amines is 1. The van der Waals surface area contributed by atoms with Crippen molar-refractivity contribution in [1.29, 1.82) is 0 Å². The average molecular weight is 341 g/mol. The van der Waals surface area contributed by atoms with E-state index in [1.165, 1.54) is 12.8 Å². The third kappa shape index (κ3) is 4.11. The molecule has 0 bridgehead atoms. The molecule has 0 radical (unpaired) electrons. The normalized spacial score (nSPS) is 23.1. The van der Waals surface area contributed by atoms with E-state index in [4.69, 9.17) is 4.74 Å². The minimum atomic E-state index is 0.0500.